The number of aromatic nitrogens is 1. The number of thioether (sulfide) groups is 1. The van der Waals surface area contributed by atoms with E-state index in [1.807, 2.05) is 24.3 Å². The molecule has 27 heteroatoms. The molecule has 0 radical (unpaired) electrons. The van der Waals surface area contributed by atoms with E-state index in [1.165, 1.54) is 24.0 Å². The normalized spacial score (nSPS) is 18.5. The van der Waals surface area contributed by atoms with Crippen LogP contribution in [0, 0.1) is 17.8 Å². The molecule has 498 valence electrons. The van der Waals surface area contributed by atoms with Crippen LogP contribution >= 0.6 is 11.8 Å². The molecule has 89 heavy (non-hydrogen) atoms. The topological polar surface area (TPSA) is 316 Å². The zero-order valence-corrected chi connectivity index (χ0v) is 51.7. The number of benzene rings is 1. The van der Waals surface area contributed by atoms with Crippen molar-refractivity contribution in [2.24, 2.45) is 16.9 Å². The van der Waals surface area contributed by atoms with Gasteiger partial charge in [0.15, 0.2) is 5.78 Å². The van der Waals surface area contributed by atoms with Crippen molar-refractivity contribution in [2.45, 2.75) is 134 Å². The molecule has 5 rings (SSSR count). The van der Waals surface area contributed by atoms with Gasteiger partial charge in [0.1, 0.15) is 24.5 Å². The first-order chi connectivity index (χ1) is 42.7. The zero-order chi connectivity index (χ0) is 63.1. The van der Waals surface area contributed by atoms with E-state index >= 15 is 0 Å². The lowest BCUT2D eigenvalue weighted by atomic mass is 9.73. The fraction of sp³-hybridized carbons (Fsp3) is 0.677. The smallest absolute Gasteiger partial charge is 0.326 e. The highest BCUT2D eigenvalue weighted by Crippen LogP contribution is 2.36. The summed E-state index contributed by atoms with van der Waals surface area (Å²) in [4.78, 5) is 103. The second kappa shape index (κ2) is 44.3. The van der Waals surface area contributed by atoms with Gasteiger partial charge in [0.05, 0.1) is 103 Å². The number of imide groups is 1. The van der Waals surface area contributed by atoms with E-state index in [0.29, 0.717) is 149 Å². The predicted molar refractivity (Wildman–Crippen MR) is 328 cm³/mol. The monoisotopic (exact) mass is 1270 g/mol. The van der Waals surface area contributed by atoms with E-state index in [1.54, 1.807) is 6.26 Å². The summed E-state index contributed by atoms with van der Waals surface area (Å²) in [6.07, 6.45) is 8.39. The first-order valence-corrected chi connectivity index (χ1v) is 31.9. The minimum Gasteiger partial charge on any atom is -0.491 e. The largest absolute Gasteiger partial charge is 0.491 e. The Kier molecular flexibility index (Phi) is 37.5. The molecule has 0 bridgehead atoms. The number of amides is 5. The molecule has 1 aromatic carbocycles. The minimum absolute atomic E-state index is 0. The Labute approximate surface area is 526 Å². The molecule has 2 aliphatic heterocycles. The van der Waals surface area contributed by atoms with Gasteiger partial charge in [0.25, 0.3) is 0 Å². The van der Waals surface area contributed by atoms with Crippen molar-refractivity contribution < 1.29 is 90.5 Å². The Morgan fingerprint density at radius 3 is 1.97 bits per heavy atom. The van der Waals surface area contributed by atoms with Crippen LogP contribution in [0.25, 0.3) is 0 Å². The van der Waals surface area contributed by atoms with Crippen molar-refractivity contribution >= 4 is 64.7 Å². The molecule has 1 saturated heterocycles. The van der Waals surface area contributed by atoms with Crippen molar-refractivity contribution in [3.63, 3.8) is 0 Å². The number of rotatable bonds is 46. The van der Waals surface area contributed by atoms with Gasteiger partial charge in [-0.05, 0) is 119 Å². The number of nitrogens with one attached hydrogen (secondary N) is 4. The second-order valence-corrected chi connectivity index (χ2v) is 22.4. The number of carboxylic acids is 1. The van der Waals surface area contributed by atoms with Gasteiger partial charge in [-0.1, -0.05) is 7.43 Å². The predicted octanol–water partition coefficient (Wildman–Crippen LogP) is 4.84. The second-order valence-electron chi connectivity index (χ2n) is 21.3. The van der Waals surface area contributed by atoms with Gasteiger partial charge in [0, 0.05) is 82.1 Å². The average molecular weight is 1280 g/mol. The van der Waals surface area contributed by atoms with Crippen LogP contribution < -0.4 is 26.1 Å². The molecular formula is C62H94FN7O18S. The highest BCUT2D eigenvalue weighted by atomic mass is 32.2. The number of unbranched alkanes of at least 4 members (excludes halogenated alkanes) is 1. The third kappa shape index (κ3) is 30.0. The van der Waals surface area contributed by atoms with Crippen LogP contribution in [-0.2, 0) is 71.5 Å². The number of aliphatic carboxylic acids is 1. The number of ether oxygens (including phenoxy) is 9. The number of nitrogens with zero attached hydrogens (tertiary/aromatic N) is 3. The van der Waals surface area contributed by atoms with E-state index in [2.05, 4.69) is 33.3 Å². The van der Waals surface area contributed by atoms with Gasteiger partial charge < -0.3 is 69.1 Å². The van der Waals surface area contributed by atoms with E-state index < -0.39 is 29.8 Å². The highest BCUT2D eigenvalue weighted by molar-refractivity contribution is 8.00. The van der Waals surface area contributed by atoms with Crippen molar-refractivity contribution in [3.05, 3.63) is 59.7 Å². The van der Waals surface area contributed by atoms with Gasteiger partial charge in [-0.3, -0.25) is 38.5 Å². The van der Waals surface area contributed by atoms with Gasteiger partial charge in [-0.15, -0.1) is 0 Å². The van der Waals surface area contributed by atoms with Crippen LogP contribution in [0.3, 0.4) is 0 Å². The van der Waals surface area contributed by atoms with Crippen LogP contribution in [0.15, 0.2) is 47.7 Å². The van der Waals surface area contributed by atoms with Crippen molar-refractivity contribution in [2.75, 3.05) is 125 Å². The van der Waals surface area contributed by atoms with Crippen molar-refractivity contribution in [1.29, 1.82) is 0 Å². The lowest BCUT2D eigenvalue weighted by molar-refractivity contribution is -0.151. The number of carboxylic acid groups (broad SMARTS) is 1. The summed E-state index contributed by atoms with van der Waals surface area (Å²) in [6, 6.07) is 9.39. The molecule has 1 aliphatic carbocycles. The first kappa shape index (κ1) is 75.3. The highest BCUT2D eigenvalue weighted by Gasteiger charge is 2.39. The molecular weight excluding hydrogens is 1180 g/mol. The summed E-state index contributed by atoms with van der Waals surface area (Å²) in [5, 5.41) is 22.2. The Balaban J connectivity index is 0.0000169. The molecule has 6 unspecified atom stereocenters. The number of esters is 1. The number of likely N-dealkylation sites (tertiary alicyclic amines) is 1. The first-order valence-electron chi connectivity index (χ1n) is 30.6. The number of hydrazone groups is 1. The standard InChI is InChI=1S/C61H90FN7O18S.CH4/c1-43-48-17-16-47(7-5-8-49(48)59(68-67-43)44-11-14-46(15-12-44)86-40-39-85-38-37-84-34-31-81-28-24-64-54(71)21-25-69-57(74)41-52(88-2)60(69)76)87-58(75)20-19-56(73)66-50(61(77)78)9-3-4-23-63-55(72)22-27-80-30-33-83-36-35-82-32-29-79-26-6-10-51(70)45-13-18-53(62)65-42-45;/h11-15,18,42-43,47-50,52,67H,3-10,16-17,19-41H2,1-2H3,(H,63,72)(H,64,71)(H,66,73)(H,77,78);1H4/i62-1;. The number of ketones is 1. The van der Waals surface area contributed by atoms with Crippen LogP contribution in [0.5, 0.6) is 5.75 Å². The summed E-state index contributed by atoms with van der Waals surface area (Å²) < 4.78 is 63.3. The fourth-order valence-electron chi connectivity index (χ4n) is 10.0. The van der Waals surface area contributed by atoms with Gasteiger partial charge in [-0.25, -0.2) is 9.78 Å². The molecule has 6 atom stereocenters. The lowest BCUT2D eigenvalue weighted by Gasteiger charge is -2.39. The van der Waals surface area contributed by atoms with Crippen LogP contribution in [-0.4, -0.2) is 216 Å². The van der Waals surface area contributed by atoms with Gasteiger partial charge in [-0.2, -0.15) is 21.3 Å². The number of carbonyl (C=O) groups is 8. The SMILES string of the molecule is C.CSC1CC(=O)N(CCC(=O)NCCOCCOCCOCCOc2ccc(C3=NNC(C)C4CCC(OC(=O)CCC(=O)NC(CCCCNC(=O)CCOCCOCCOCCOCCCC(=O)c5ccc([18F])nc5)C(=O)O)CCCC34)cc2)C1=O. The Morgan fingerprint density at radius 1 is 0.697 bits per heavy atom. The molecule has 0 spiro atoms. The number of Topliss-reactive ketones (excluding diaryl/α,β-unsaturated/α-hetero) is 1. The Morgan fingerprint density at radius 2 is 1.33 bits per heavy atom. The summed E-state index contributed by atoms with van der Waals surface area (Å²) in [5.41, 5.74) is 5.66. The van der Waals surface area contributed by atoms with Crippen LogP contribution in [0.4, 0.5) is 4.39 Å². The van der Waals surface area contributed by atoms with Gasteiger partial charge >= 0.3 is 11.9 Å². The maximum atomic E-state index is 13.0. The molecule has 25 nitrogen and oxygen atoms in total. The average Bonchev–Trinajstić information content (AvgIpc) is 1.59. The lowest BCUT2D eigenvalue weighted by Crippen LogP contribution is -2.45. The van der Waals surface area contributed by atoms with Gasteiger partial charge in [0.2, 0.25) is 35.5 Å². The Bertz CT molecular complexity index is 2480. The third-order valence-electron chi connectivity index (χ3n) is 14.8. The third-order valence-corrected chi connectivity index (χ3v) is 15.8. The number of carbonyl (C=O) groups excluding carboxylic acids is 7. The molecule has 5 N–H and O–H groups in total. The number of fused-ring (bicyclic) bond motifs is 1. The number of hydrogen-bond donors (Lipinski definition) is 5. The summed E-state index contributed by atoms with van der Waals surface area (Å²) >= 11 is 1.34. The molecule has 5 amide bonds. The molecule has 1 saturated carbocycles. The van der Waals surface area contributed by atoms with Crippen molar-refractivity contribution in [3.8, 4) is 5.75 Å². The molecule has 2 aromatic rings. The number of halogens is 1. The van der Waals surface area contributed by atoms with E-state index in [-0.39, 0.29) is 124 Å². The molecule has 3 heterocycles. The molecule has 3 aliphatic rings. The van der Waals surface area contributed by atoms with Crippen molar-refractivity contribution in [1.82, 2.24) is 31.3 Å². The number of pyridine rings is 1. The molecule has 2 fully saturated rings. The van der Waals surface area contributed by atoms with E-state index in [9.17, 15) is 47.9 Å². The maximum absolute atomic E-state index is 13.0. The van der Waals surface area contributed by atoms with E-state index in [4.69, 9.17) is 47.7 Å². The van der Waals surface area contributed by atoms with Crippen LogP contribution in [0.1, 0.15) is 127 Å². The summed E-state index contributed by atoms with van der Waals surface area (Å²) in [6.45, 7) is 8.04. The molecule has 1 aromatic heterocycles. The summed E-state index contributed by atoms with van der Waals surface area (Å²) in [5.74, 6) is -2.78. The summed E-state index contributed by atoms with van der Waals surface area (Å²) in [7, 11) is 0. The number of hydrogen-bond acceptors (Lipinski definition) is 21. The zero-order valence-electron chi connectivity index (χ0n) is 50.9. The fourth-order valence-corrected chi connectivity index (χ4v) is 10.7. The minimum atomic E-state index is -1.19. The maximum Gasteiger partial charge on any atom is 0.326 e. The van der Waals surface area contributed by atoms with E-state index in [0.717, 1.165) is 41.5 Å². The Hall–Kier alpha value is -6.20. The quantitative estimate of drug-likeness (QED) is 0.0195. The van der Waals surface area contributed by atoms with Crippen LogP contribution in [0.2, 0.25) is 0 Å².